The highest BCUT2D eigenvalue weighted by Crippen LogP contribution is 2.35. The normalized spacial score (nSPS) is 15.7. The van der Waals surface area contributed by atoms with E-state index in [1.165, 1.54) is 19.3 Å². The maximum absolute atomic E-state index is 13.2. The number of amides is 1. The molecule has 3 aromatic rings. The highest BCUT2D eigenvalue weighted by atomic mass is 16.5. The van der Waals surface area contributed by atoms with Crippen molar-refractivity contribution in [1.82, 2.24) is 9.80 Å². The van der Waals surface area contributed by atoms with Crippen molar-refractivity contribution in [2.45, 2.75) is 51.2 Å². The third-order valence-electron chi connectivity index (χ3n) is 7.41. The third-order valence-corrected chi connectivity index (χ3v) is 7.41. The Morgan fingerprint density at radius 1 is 1.06 bits per heavy atom. The standard InChI is InChI=1S/C30H34N4O2/c1-33(25-11-4-3-5-12-25)29(35)23-10-8-9-21(17-23)19-34-20-24-18-22(15-16-27(24)32-30(34)31)26-13-6-7-14-28(26)36-2/h6-10,13-18,25H,3-5,11-12,19-20H2,1-2H3,(H2,31,32). The van der Waals surface area contributed by atoms with Gasteiger partial charge in [0.15, 0.2) is 5.96 Å². The summed E-state index contributed by atoms with van der Waals surface area (Å²) in [6, 6.07) is 22.5. The number of ether oxygens (including phenoxy) is 1. The van der Waals surface area contributed by atoms with Gasteiger partial charge in [-0.3, -0.25) is 4.79 Å². The highest BCUT2D eigenvalue weighted by Gasteiger charge is 2.24. The van der Waals surface area contributed by atoms with Crippen LogP contribution in [0, 0.1) is 0 Å². The topological polar surface area (TPSA) is 71.2 Å². The van der Waals surface area contributed by atoms with E-state index in [0.29, 0.717) is 25.1 Å². The largest absolute Gasteiger partial charge is 0.496 e. The van der Waals surface area contributed by atoms with E-state index in [1.807, 2.05) is 60.5 Å². The van der Waals surface area contributed by atoms with Crippen LogP contribution in [0.25, 0.3) is 11.1 Å². The smallest absolute Gasteiger partial charge is 0.253 e. The van der Waals surface area contributed by atoms with E-state index in [0.717, 1.165) is 52.1 Å². The minimum Gasteiger partial charge on any atom is -0.496 e. The summed E-state index contributed by atoms with van der Waals surface area (Å²) in [5.74, 6) is 1.42. The Morgan fingerprint density at radius 2 is 1.86 bits per heavy atom. The van der Waals surface area contributed by atoms with Crippen LogP contribution in [0.4, 0.5) is 5.69 Å². The summed E-state index contributed by atoms with van der Waals surface area (Å²) in [6.45, 7) is 1.23. The number of hydrogen-bond donors (Lipinski definition) is 1. The number of methoxy groups -OCH3 is 1. The first-order chi connectivity index (χ1) is 17.5. The van der Waals surface area contributed by atoms with E-state index in [4.69, 9.17) is 10.5 Å². The van der Waals surface area contributed by atoms with Gasteiger partial charge in [0.25, 0.3) is 5.91 Å². The number of guanidine groups is 1. The Bertz CT molecular complexity index is 1280. The molecule has 1 heterocycles. The van der Waals surface area contributed by atoms with Gasteiger partial charge in [0, 0.05) is 37.3 Å². The first-order valence-corrected chi connectivity index (χ1v) is 12.7. The number of rotatable bonds is 6. The molecule has 0 saturated heterocycles. The lowest BCUT2D eigenvalue weighted by molar-refractivity contribution is 0.0696. The molecule has 6 heteroatoms. The minimum absolute atomic E-state index is 0.0934. The zero-order valence-corrected chi connectivity index (χ0v) is 21.1. The fourth-order valence-corrected chi connectivity index (χ4v) is 5.35. The van der Waals surface area contributed by atoms with Crippen molar-refractivity contribution in [1.29, 1.82) is 0 Å². The predicted molar refractivity (Wildman–Crippen MR) is 144 cm³/mol. The molecule has 186 valence electrons. The van der Waals surface area contributed by atoms with Gasteiger partial charge < -0.3 is 20.3 Å². The van der Waals surface area contributed by atoms with E-state index in [9.17, 15) is 4.79 Å². The molecular weight excluding hydrogens is 448 g/mol. The number of aliphatic imine (C=N–C) groups is 1. The van der Waals surface area contributed by atoms with Gasteiger partial charge in [0.2, 0.25) is 0 Å². The van der Waals surface area contributed by atoms with Gasteiger partial charge in [-0.1, -0.05) is 55.7 Å². The van der Waals surface area contributed by atoms with Crippen LogP contribution in [-0.2, 0) is 13.1 Å². The molecular formula is C30H34N4O2. The Kier molecular flexibility index (Phi) is 6.94. The molecule has 1 aliphatic carbocycles. The summed E-state index contributed by atoms with van der Waals surface area (Å²) in [7, 11) is 3.63. The maximum atomic E-state index is 13.2. The summed E-state index contributed by atoms with van der Waals surface area (Å²) in [6.07, 6.45) is 5.88. The predicted octanol–water partition coefficient (Wildman–Crippen LogP) is 5.73. The number of carbonyl (C=O) groups excluding carboxylic acids is 1. The number of nitrogens with two attached hydrogens (primary N) is 1. The molecule has 5 rings (SSSR count). The van der Waals surface area contributed by atoms with E-state index in [2.05, 4.69) is 28.1 Å². The molecule has 1 saturated carbocycles. The number of benzene rings is 3. The van der Waals surface area contributed by atoms with E-state index in [1.54, 1.807) is 7.11 Å². The van der Waals surface area contributed by atoms with Crippen molar-refractivity contribution in [2.24, 2.45) is 10.7 Å². The monoisotopic (exact) mass is 482 g/mol. The third kappa shape index (κ3) is 4.94. The van der Waals surface area contributed by atoms with Gasteiger partial charge in [-0.2, -0.15) is 0 Å². The minimum atomic E-state index is 0.0934. The number of fused-ring (bicyclic) bond motifs is 1. The van der Waals surface area contributed by atoms with Gasteiger partial charge >= 0.3 is 0 Å². The number of para-hydroxylation sites is 1. The lowest BCUT2D eigenvalue weighted by Crippen LogP contribution is -2.39. The maximum Gasteiger partial charge on any atom is 0.253 e. The lowest BCUT2D eigenvalue weighted by Gasteiger charge is -2.31. The summed E-state index contributed by atoms with van der Waals surface area (Å²) in [4.78, 5) is 21.8. The summed E-state index contributed by atoms with van der Waals surface area (Å²) in [5.41, 5.74) is 12.3. The van der Waals surface area contributed by atoms with Crippen molar-refractivity contribution >= 4 is 17.6 Å². The number of hydrogen-bond acceptors (Lipinski definition) is 5. The van der Waals surface area contributed by atoms with Crippen LogP contribution in [-0.4, -0.2) is 41.9 Å². The first-order valence-electron chi connectivity index (χ1n) is 12.7. The second kappa shape index (κ2) is 10.4. The molecule has 0 unspecified atom stereocenters. The fraction of sp³-hybridized carbons (Fsp3) is 0.333. The Hall–Kier alpha value is -3.80. The first kappa shape index (κ1) is 23.9. The highest BCUT2D eigenvalue weighted by molar-refractivity contribution is 5.94. The SMILES string of the molecule is COc1ccccc1-c1ccc2c(c1)CN(Cc1cccc(C(=O)N(C)C3CCCCC3)c1)C(N)=N2. The zero-order chi connectivity index (χ0) is 25.1. The molecule has 0 atom stereocenters. The zero-order valence-electron chi connectivity index (χ0n) is 21.1. The summed E-state index contributed by atoms with van der Waals surface area (Å²) >= 11 is 0. The Morgan fingerprint density at radius 3 is 2.67 bits per heavy atom. The molecule has 0 aromatic heterocycles. The van der Waals surface area contributed by atoms with Gasteiger partial charge in [0.1, 0.15) is 5.75 Å². The van der Waals surface area contributed by atoms with Crippen LogP contribution < -0.4 is 10.5 Å². The van der Waals surface area contributed by atoms with Crippen LogP contribution in [0.1, 0.15) is 53.6 Å². The Balaban J connectivity index is 1.34. The molecule has 1 aliphatic heterocycles. The lowest BCUT2D eigenvalue weighted by atomic mass is 9.94. The van der Waals surface area contributed by atoms with Crippen LogP contribution in [0.3, 0.4) is 0 Å². The summed E-state index contributed by atoms with van der Waals surface area (Å²) in [5, 5.41) is 0. The van der Waals surface area contributed by atoms with Crippen LogP contribution in [0.2, 0.25) is 0 Å². The quantitative estimate of drug-likeness (QED) is 0.487. The second-order valence-electron chi connectivity index (χ2n) is 9.78. The van der Waals surface area contributed by atoms with Crippen molar-refractivity contribution in [3.63, 3.8) is 0 Å². The van der Waals surface area contributed by atoms with Gasteiger partial charge in [-0.15, -0.1) is 0 Å². The average molecular weight is 483 g/mol. The van der Waals surface area contributed by atoms with E-state index < -0.39 is 0 Å². The van der Waals surface area contributed by atoms with E-state index in [-0.39, 0.29) is 5.91 Å². The molecule has 6 nitrogen and oxygen atoms in total. The van der Waals surface area contributed by atoms with Crippen molar-refractivity contribution in [2.75, 3.05) is 14.2 Å². The van der Waals surface area contributed by atoms with Gasteiger partial charge in [0.05, 0.1) is 12.8 Å². The number of nitrogens with zero attached hydrogens (tertiary/aromatic N) is 3. The molecule has 1 fully saturated rings. The molecule has 0 spiro atoms. The average Bonchev–Trinajstić information content (AvgIpc) is 2.93. The van der Waals surface area contributed by atoms with E-state index >= 15 is 0 Å². The van der Waals surface area contributed by atoms with Gasteiger partial charge in [-0.25, -0.2) is 4.99 Å². The molecule has 0 radical (unpaired) electrons. The molecule has 0 bridgehead atoms. The molecule has 2 aliphatic rings. The second-order valence-corrected chi connectivity index (χ2v) is 9.78. The molecule has 1 amide bonds. The molecule has 3 aromatic carbocycles. The molecule has 2 N–H and O–H groups in total. The van der Waals surface area contributed by atoms with Crippen LogP contribution in [0.15, 0.2) is 71.7 Å². The van der Waals surface area contributed by atoms with Crippen molar-refractivity contribution < 1.29 is 9.53 Å². The fourth-order valence-electron chi connectivity index (χ4n) is 5.35. The van der Waals surface area contributed by atoms with Crippen LogP contribution >= 0.6 is 0 Å². The van der Waals surface area contributed by atoms with Gasteiger partial charge in [-0.05, 0) is 59.9 Å². The number of carbonyl (C=O) groups is 1. The van der Waals surface area contributed by atoms with Crippen molar-refractivity contribution in [3.05, 3.63) is 83.4 Å². The van der Waals surface area contributed by atoms with Crippen LogP contribution in [0.5, 0.6) is 5.75 Å². The Labute approximate surface area is 213 Å². The molecule has 36 heavy (non-hydrogen) atoms. The van der Waals surface area contributed by atoms with Crippen molar-refractivity contribution in [3.8, 4) is 16.9 Å². The summed E-state index contributed by atoms with van der Waals surface area (Å²) < 4.78 is 5.56.